The summed E-state index contributed by atoms with van der Waals surface area (Å²) >= 11 is 4.16. The maximum Gasteiger partial charge on any atom is 0.00346 e. The summed E-state index contributed by atoms with van der Waals surface area (Å²) in [6.07, 6.45) is 6.83. The molecule has 0 nitrogen and oxygen atoms in total. The van der Waals surface area contributed by atoms with Gasteiger partial charge in [-0.2, -0.15) is 0 Å². The molecule has 0 saturated heterocycles. The van der Waals surface area contributed by atoms with Crippen molar-refractivity contribution in [3.63, 3.8) is 0 Å². The Bertz CT molecular complexity index is 104. The van der Waals surface area contributed by atoms with Crippen LogP contribution in [-0.4, -0.2) is 5.75 Å². The van der Waals surface area contributed by atoms with Crippen molar-refractivity contribution in [3.05, 3.63) is 0 Å². The molecule has 0 bridgehead atoms. The van der Waals surface area contributed by atoms with E-state index in [4.69, 9.17) is 0 Å². The molecule has 13 heavy (non-hydrogen) atoms. The zero-order chi connectivity index (χ0) is 10.1. The minimum Gasteiger partial charge on any atom is -0.111 e. The summed E-state index contributed by atoms with van der Waals surface area (Å²) in [6, 6.07) is 0. The molecule has 0 aliphatic rings. The van der Waals surface area contributed by atoms with Crippen molar-refractivity contribution in [2.75, 3.05) is 5.75 Å². The van der Waals surface area contributed by atoms with Gasteiger partial charge < -0.3 is 0 Å². The predicted molar refractivity (Wildman–Crippen MR) is 68.5 cm³/mol. The molecular formula is C11H24S2. The van der Waals surface area contributed by atoms with Crippen molar-refractivity contribution in [1.29, 1.82) is 0 Å². The van der Waals surface area contributed by atoms with Crippen LogP contribution in [0.5, 0.6) is 0 Å². The van der Waals surface area contributed by atoms with Gasteiger partial charge in [0.1, 0.15) is 0 Å². The minimum atomic E-state index is 0.911. The zero-order valence-electron chi connectivity index (χ0n) is 9.25. The van der Waals surface area contributed by atoms with E-state index >= 15 is 0 Å². The summed E-state index contributed by atoms with van der Waals surface area (Å²) in [5.41, 5.74) is 0. The van der Waals surface area contributed by atoms with Crippen LogP contribution >= 0.6 is 22.5 Å². The molecule has 80 valence electrons. The lowest BCUT2D eigenvalue weighted by molar-refractivity contribution is 0.352. The Kier molecular flexibility index (Phi) is 9.76. The molecule has 0 spiro atoms. The Labute approximate surface area is 93.1 Å². The summed E-state index contributed by atoms with van der Waals surface area (Å²) in [5, 5.41) is 0. The van der Waals surface area contributed by atoms with E-state index in [0.717, 1.165) is 11.8 Å². The second kappa shape index (κ2) is 9.26. The molecule has 2 atom stereocenters. The molecule has 0 amide bonds. The number of hydrogen-bond acceptors (Lipinski definition) is 2. The van der Waals surface area contributed by atoms with Gasteiger partial charge in [0.15, 0.2) is 0 Å². The van der Waals surface area contributed by atoms with E-state index in [-0.39, 0.29) is 0 Å². The highest BCUT2D eigenvalue weighted by Gasteiger charge is 2.09. The van der Waals surface area contributed by atoms with Crippen LogP contribution in [0.3, 0.4) is 0 Å². The van der Waals surface area contributed by atoms with Gasteiger partial charge in [0.2, 0.25) is 0 Å². The maximum atomic E-state index is 4.16. The molecule has 0 radical (unpaired) electrons. The standard InChI is InChI=1S/C11H24S2/c1-4-10(3)9-11(5-2)7-6-8-13-12/h10-12H,4-9H2,1-3H3. The van der Waals surface area contributed by atoms with E-state index in [1.807, 2.05) is 0 Å². The second-order valence-corrected chi connectivity index (χ2v) is 5.44. The molecule has 0 saturated carbocycles. The molecule has 2 unspecified atom stereocenters. The third kappa shape index (κ3) is 7.75. The Morgan fingerprint density at radius 2 is 1.92 bits per heavy atom. The number of thiol groups is 1. The first kappa shape index (κ1) is 13.7. The lowest BCUT2D eigenvalue weighted by atomic mass is 9.89. The van der Waals surface area contributed by atoms with Crippen LogP contribution in [-0.2, 0) is 0 Å². The highest BCUT2D eigenvalue weighted by atomic mass is 33.1. The first-order valence-corrected chi connectivity index (χ1v) is 7.54. The Morgan fingerprint density at radius 1 is 1.23 bits per heavy atom. The van der Waals surface area contributed by atoms with Crippen LogP contribution in [0.2, 0.25) is 0 Å². The first-order valence-electron chi connectivity index (χ1n) is 5.50. The maximum absolute atomic E-state index is 4.16. The summed E-state index contributed by atoms with van der Waals surface area (Å²) < 4.78 is 0. The van der Waals surface area contributed by atoms with Gasteiger partial charge >= 0.3 is 0 Å². The van der Waals surface area contributed by atoms with Crippen LogP contribution in [0.25, 0.3) is 0 Å². The van der Waals surface area contributed by atoms with E-state index in [9.17, 15) is 0 Å². The molecule has 0 aromatic heterocycles. The average molecular weight is 220 g/mol. The van der Waals surface area contributed by atoms with Gasteiger partial charge in [-0.1, -0.05) is 44.4 Å². The topological polar surface area (TPSA) is 0 Å². The van der Waals surface area contributed by atoms with Gasteiger partial charge in [0, 0.05) is 5.75 Å². The van der Waals surface area contributed by atoms with Crippen LogP contribution in [0.1, 0.15) is 52.9 Å². The van der Waals surface area contributed by atoms with Crippen molar-refractivity contribution >= 4 is 22.5 Å². The van der Waals surface area contributed by atoms with E-state index in [2.05, 4.69) is 32.4 Å². The second-order valence-electron chi connectivity index (χ2n) is 4.00. The summed E-state index contributed by atoms with van der Waals surface area (Å²) in [7, 11) is 1.67. The van der Waals surface area contributed by atoms with Gasteiger partial charge in [-0.3, -0.25) is 0 Å². The van der Waals surface area contributed by atoms with Crippen LogP contribution in [0, 0.1) is 11.8 Å². The number of hydrogen-bond donors (Lipinski definition) is 1. The third-order valence-electron chi connectivity index (χ3n) is 2.86. The van der Waals surface area contributed by atoms with E-state index < -0.39 is 0 Å². The van der Waals surface area contributed by atoms with Gasteiger partial charge in [-0.15, -0.1) is 11.7 Å². The summed E-state index contributed by atoms with van der Waals surface area (Å²) in [4.78, 5) is 0. The number of rotatable bonds is 8. The van der Waals surface area contributed by atoms with Crippen molar-refractivity contribution in [3.8, 4) is 0 Å². The summed E-state index contributed by atoms with van der Waals surface area (Å²) in [6.45, 7) is 6.98. The molecule has 2 heteroatoms. The fourth-order valence-electron chi connectivity index (χ4n) is 1.66. The molecule has 0 fully saturated rings. The van der Waals surface area contributed by atoms with Crippen molar-refractivity contribution < 1.29 is 0 Å². The SMILES string of the molecule is CCC(C)CC(CC)CCCSS. The monoisotopic (exact) mass is 220 g/mol. The van der Waals surface area contributed by atoms with Gasteiger partial charge in [-0.05, 0) is 31.1 Å². The smallest absolute Gasteiger partial charge is 0.00346 e. The fourth-order valence-corrected chi connectivity index (χ4v) is 2.34. The van der Waals surface area contributed by atoms with Crippen LogP contribution in [0.4, 0.5) is 0 Å². The molecule has 0 aliphatic heterocycles. The molecule has 0 N–H and O–H groups in total. The highest BCUT2D eigenvalue weighted by molar-refractivity contribution is 8.68. The van der Waals surface area contributed by atoms with Gasteiger partial charge in [-0.25, -0.2) is 0 Å². The van der Waals surface area contributed by atoms with Crippen LogP contribution in [0.15, 0.2) is 0 Å². The van der Waals surface area contributed by atoms with Crippen molar-refractivity contribution in [1.82, 2.24) is 0 Å². The first-order chi connectivity index (χ1) is 6.24. The van der Waals surface area contributed by atoms with E-state index in [1.54, 1.807) is 10.8 Å². The lowest BCUT2D eigenvalue weighted by Gasteiger charge is -2.18. The summed E-state index contributed by atoms with van der Waals surface area (Å²) in [5.74, 6) is 3.07. The molecule has 0 aliphatic carbocycles. The Hall–Kier alpha value is 0.700. The minimum absolute atomic E-state index is 0.911. The van der Waals surface area contributed by atoms with E-state index in [0.29, 0.717) is 0 Å². The Balaban J connectivity index is 3.50. The molecule has 0 aromatic carbocycles. The average Bonchev–Trinajstić information content (AvgIpc) is 2.16. The van der Waals surface area contributed by atoms with Crippen LogP contribution < -0.4 is 0 Å². The molecular weight excluding hydrogens is 196 g/mol. The largest absolute Gasteiger partial charge is 0.111 e. The zero-order valence-corrected chi connectivity index (χ0v) is 11.0. The fraction of sp³-hybridized carbons (Fsp3) is 1.00. The van der Waals surface area contributed by atoms with Gasteiger partial charge in [0.05, 0.1) is 0 Å². The molecule has 0 aromatic rings. The quantitative estimate of drug-likeness (QED) is 0.348. The lowest BCUT2D eigenvalue weighted by Crippen LogP contribution is -2.05. The van der Waals surface area contributed by atoms with E-state index in [1.165, 1.54) is 37.9 Å². The van der Waals surface area contributed by atoms with Crippen molar-refractivity contribution in [2.24, 2.45) is 11.8 Å². The normalized spacial score (nSPS) is 15.7. The van der Waals surface area contributed by atoms with Gasteiger partial charge in [0.25, 0.3) is 0 Å². The third-order valence-corrected chi connectivity index (χ3v) is 3.88. The Morgan fingerprint density at radius 3 is 2.38 bits per heavy atom. The van der Waals surface area contributed by atoms with Crippen molar-refractivity contribution in [2.45, 2.75) is 52.9 Å². The molecule has 0 rings (SSSR count). The predicted octanol–water partition coefficient (Wildman–Crippen LogP) is 4.81. The highest BCUT2D eigenvalue weighted by Crippen LogP contribution is 2.23. The molecule has 0 heterocycles.